The molecule has 0 amide bonds. The van der Waals surface area contributed by atoms with Gasteiger partial charge in [-0.25, -0.2) is 4.98 Å². The molecule has 1 unspecified atom stereocenters. The van der Waals surface area contributed by atoms with Crippen LogP contribution in [0.25, 0.3) is 10.6 Å². The quantitative estimate of drug-likeness (QED) is 0.881. The van der Waals surface area contributed by atoms with Gasteiger partial charge in [0.2, 0.25) is 0 Å². The average molecular weight is 233 g/mol. The van der Waals surface area contributed by atoms with Crippen LogP contribution in [-0.2, 0) is 6.42 Å². The molecule has 0 saturated heterocycles. The van der Waals surface area contributed by atoms with Crippen LogP contribution in [-0.4, -0.2) is 10.1 Å². The van der Waals surface area contributed by atoms with Gasteiger partial charge in [0.05, 0.1) is 11.8 Å². The van der Waals surface area contributed by atoms with Gasteiger partial charge in [-0.3, -0.25) is 0 Å². The van der Waals surface area contributed by atoms with E-state index in [1.54, 1.807) is 18.3 Å². The summed E-state index contributed by atoms with van der Waals surface area (Å²) in [7, 11) is 0. The smallest absolute Gasteiger partial charge is 0.123 e. The number of hydrogen-bond donors (Lipinski definition) is 1. The van der Waals surface area contributed by atoms with Crippen molar-refractivity contribution >= 4 is 11.3 Å². The molecule has 2 aromatic rings. The number of rotatable bonds is 3. The molecule has 1 heterocycles. The first-order valence-electron chi connectivity index (χ1n) is 5.43. The highest BCUT2D eigenvalue weighted by atomic mass is 32.1. The lowest BCUT2D eigenvalue weighted by Gasteiger charge is -1.99. The lowest BCUT2D eigenvalue weighted by atomic mass is 10.1. The lowest BCUT2D eigenvalue weighted by Crippen LogP contribution is -1.90. The summed E-state index contributed by atoms with van der Waals surface area (Å²) in [5.41, 5.74) is 3.20. The van der Waals surface area contributed by atoms with Crippen LogP contribution in [0.3, 0.4) is 0 Å². The molecule has 2 nitrogen and oxygen atoms in total. The maximum absolute atomic E-state index is 9.41. The van der Waals surface area contributed by atoms with E-state index in [2.05, 4.69) is 36.2 Å². The van der Waals surface area contributed by atoms with E-state index in [1.807, 2.05) is 5.38 Å². The number of thiazole rings is 1. The van der Waals surface area contributed by atoms with Crippen molar-refractivity contribution in [3.63, 3.8) is 0 Å². The fourth-order valence-electron chi connectivity index (χ4n) is 1.49. The van der Waals surface area contributed by atoms with Crippen LogP contribution in [0.15, 0.2) is 29.6 Å². The SMILES string of the molecule is CCc1ccc(-c2nc(C(C)O)cs2)cc1. The lowest BCUT2D eigenvalue weighted by molar-refractivity contribution is 0.195. The van der Waals surface area contributed by atoms with Gasteiger partial charge in [-0.2, -0.15) is 0 Å². The van der Waals surface area contributed by atoms with Crippen LogP contribution in [0.5, 0.6) is 0 Å². The third kappa shape index (κ3) is 2.31. The minimum atomic E-state index is -0.486. The molecule has 1 N–H and O–H groups in total. The normalized spacial score (nSPS) is 12.7. The number of hydrogen-bond acceptors (Lipinski definition) is 3. The van der Waals surface area contributed by atoms with E-state index in [9.17, 15) is 5.11 Å². The predicted molar refractivity (Wildman–Crippen MR) is 67.6 cm³/mol. The molecule has 0 aliphatic rings. The first-order valence-corrected chi connectivity index (χ1v) is 6.31. The fourth-order valence-corrected chi connectivity index (χ4v) is 2.41. The summed E-state index contributed by atoms with van der Waals surface area (Å²) < 4.78 is 0. The number of aromatic nitrogens is 1. The molecule has 84 valence electrons. The standard InChI is InChI=1S/C13H15NOS/c1-3-10-4-6-11(7-5-10)13-14-12(8-16-13)9(2)15/h4-9,15H,3H2,1-2H3. The van der Waals surface area contributed by atoms with E-state index in [4.69, 9.17) is 0 Å². The van der Waals surface area contributed by atoms with Gasteiger partial charge in [0.25, 0.3) is 0 Å². The molecule has 0 fully saturated rings. The van der Waals surface area contributed by atoms with Crippen molar-refractivity contribution in [2.75, 3.05) is 0 Å². The van der Waals surface area contributed by atoms with Crippen molar-refractivity contribution in [2.24, 2.45) is 0 Å². The minimum absolute atomic E-state index is 0.486. The van der Waals surface area contributed by atoms with Crippen molar-refractivity contribution in [1.29, 1.82) is 0 Å². The van der Waals surface area contributed by atoms with Crippen LogP contribution in [0.1, 0.15) is 31.2 Å². The largest absolute Gasteiger partial charge is 0.387 e. The Morgan fingerprint density at radius 1 is 1.31 bits per heavy atom. The summed E-state index contributed by atoms with van der Waals surface area (Å²) in [5.74, 6) is 0. The molecule has 0 bridgehead atoms. The van der Waals surface area contributed by atoms with Crippen molar-refractivity contribution < 1.29 is 5.11 Å². The first-order chi connectivity index (χ1) is 7.70. The summed E-state index contributed by atoms with van der Waals surface area (Å²) in [6, 6.07) is 8.42. The highest BCUT2D eigenvalue weighted by Crippen LogP contribution is 2.26. The van der Waals surface area contributed by atoms with Gasteiger partial charge in [-0.05, 0) is 18.9 Å². The van der Waals surface area contributed by atoms with E-state index in [1.165, 1.54) is 5.56 Å². The summed E-state index contributed by atoms with van der Waals surface area (Å²) in [6.07, 6.45) is 0.566. The van der Waals surface area contributed by atoms with E-state index in [0.29, 0.717) is 0 Å². The zero-order valence-electron chi connectivity index (χ0n) is 9.47. The van der Waals surface area contributed by atoms with E-state index >= 15 is 0 Å². The maximum Gasteiger partial charge on any atom is 0.123 e. The minimum Gasteiger partial charge on any atom is -0.387 e. The maximum atomic E-state index is 9.41. The van der Waals surface area contributed by atoms with E-state index < -0.39 is 6.10 Å². The second-order valence-corrected chi connectivity index (χ2v) is 4.66. The molecule has 0 radical (unpaired) electrons. The van der Waals surface area contributed by atoms with Crippen LogP contribution < -0.4 is 0 Å². The number of benzene rings is 1. The molecule has 0 spiro atoms. The van der Waals surface area contributed by atoms with Crippen molar-refractivity contribution in [3.8, 4) is 10.6 Å². The second-order valence-electron chi connectivity index (χ2n) is 3.80. The number of nitrogens with zero attached hydrogens (tertiary/aromatic N) is 1. The molecule has 0 saturated carbocycles. The molecule has 1 atom stereocenters. The first kappa shape index (κ1) is 11.3. The molecular weight excluding hydrogens is 218 g/mol. The Balaban J connectivity index is 2.28. The Morgan fingerprint density at radius 3 is 2.50 bits per heavy atom. The van der Waals surface area contributed by atoms with Crippen molar-refractivity contribution in [1.82, 2.24) is 4.98 Å². The van der Waals surface area contributed by atoms with Crippen molar-refractivity contribution in [3.05, 3.63) is 40.9 Å². The fraction of sp³-hybridized carbons (Fsp3) is 0.308. The van der Waals surface area contributed by atoms with Gasteiger partial charge in [0.15, 0.2) is 0 Å². The monoisotopic (exact) mass is 233 g/mol. The van der Waals surface area contributed by atoms with Gasteiger partial charge in [0, 0.05) is 10.9 Å². The van der Waals surface area contributed by atoms with Crippen LogP contribution in [0.2, 0.25) is 0 Å². The zero-order valence-corrected chi connectivity index (χ0v) is 10.3. The molecule has 3 heteroatoms. The number of aliphatic hydroxyl groups is 1. The topological polar surface area (TPSA) is 33.1 Å². The Kier molecular flexibility index (Phi) is 3.36. The van der Waals surface area contributed by atoms with Crippen LogP contribution in [0, 0.1) is 0 Å². The Hall–Kier alpha value is -1.19. The number of aryl methyl sites for hydroxylation is 1. The van der Waals surface area contributed by atoms with Crippen molar-refractivity contribution in [2.45, 2.75) is 26.4 Å². The third-order valence-electron chi connectivity index (χ3n) is 2.56. The zero-order chi connectivity index (χ0) is 11.5. The van der Waals surface area contributed by atoms with Gasteiger partial charge in [0.1, 0.15) is 5.01 Å². The molecule has 0 aliphatic carbocycles. The van der Waals surface area contributed by atoms with Gasteiger partial charge in [-0.15, -0.1) is 11.3 Å². The summed E-state index contributed by atoms with van der Waals surface area (Å²) in [4.78, 5) is 4.40. The third-order valence-corrected chi connectivity index (χ3v) is 3.47. The molecule has 2 rings (SSSR count). The Bertz CT molecular complexity index is 459. The highest BCUT2D eigenvalue weighted by molar-refractivity contribution is 7.13. The van der Waals surface area contributed by atoms with Gasteiger partial charge in [-0.1, -0.05) is 31.2 Å². The van der Waals surface area contributed by atoms with Gasteiger partial charge < -0.3 is 5.11 Å². The predicted octanol–water partition coefficient (Wildman–Crippen LogP) is 3.43. The van der Waals surface area contributed by atoms with E-state index in [0.717, 1.165) is 22.7 Å². The second kappa shape index (κ2) is 4.76. The average Bonchev–Trinajstić information content (AvgIpc) is 2.78. The Labute approximate surface area is 99.6 Å². The number of aliphatic hydroxyl groups excluding tert-OH is 1. The van der Waals surface area contributed by atoms with E-state index in [-0.39, 0.29) is 0 Å². The van der Waals surface area contributed by atoms with Crippen LogP contribution in [0.4, 0.5) is 0 Å². The summed E-state index contributed by atoms with van der Waals surface area (Å²) in [5, 5.41) is 12.3. The molecule has 0 aliphatic heterocycles. The highest BCUT2D eigenvalue weighted by Gasteiger charge is 2.08. The summed E-state index contributed by atoms with van der Waals surface area (Å²) >= 11 is 1.57. The van der Waals surface area contributed by atoms with Gasteiger partial charge >= 0.3 is 0 Å². The molecule has 1 aromatic heterocycles. The Morgan fingerprint density at radius 2 is 2.00 bits per heavy atom. The molecular formula is C13H15NOS. The van der Waals surface area contributed by atoms with Crippen LogP contribution >= 0.6 is 11.3 Å². The molecule has 16 heavy (non-hydrogen) atoms. The summed E-state index contributed by atoms with van der Waals surface area (Å²) in [6.45, 7) is 3.88. The molecule has 1 aromatic carbocycles.